The monoisotopic (exact) mass is 567 g/mol. The Morgan fingerprint density at radius 2 is 1.48 bits per heavy atom. The van der Waals surface area contributed by atoms with Crippen LogP contribution in [0.1, 0.15) is 58.1 Å². The first-order chi connectivity index (χ1) is 18.9. The van der Waals surface area contributed by atoms with Crippen molar-refractivity contribution in [2.45, 2.75) is 70.5 Å². The zero-order valence-electron chi connectivity index (χ0n) is 23.7. The highest BCUT2D eigenvalue weighted by molar-refractivity contribution is 7.92. The maximum Gasteiger partial charge on any atom is 0.264 e. The topological polar surface area (TPSA) is 86.8 Å². The molecule has 3 aromatic carbocycles. The fourth-order valence-electron chi connectivity index (χ4n) is 4.11. The molecule has 9 heteroatoms. The number of anilines is 1. The number of hydrogen-bond acceptors (Lipinski definition) is 4. The van der Waals surface area contributed by atoms with Crippen molar-refractivity contribution >= 4 is 27.5 Å². The highest BCUT2D eigenvalue weighted by atomic mass is 32.2. The minimum atomic E-state index is -4.13. The van der Waals surface area contributed by atoms with Crippen molar-refractivity contribution in [3.63, 3.8) is 0 Å². The van der Waals surface area contributed by atoms with E-state index in [0.717, 1.165) is 9.87 Å². The minimum Gasteiger partial charge on any atom is -0.352 e. The summed E-state index contributed by atoms with van der Waals surface area (Å²) in [7, 11) is -4.13. The van der Waals surface area contributed by atoms with Crippen LogP contribution >= 0.6 is 0 Å². The number of sulfonamides is 1. The van der Waals surface area contributed by atoms with E-state index in [0.29, 0.717) is 17.7 Å². The Kier molecular flexibility index (Phi) is 10.5. The average molecular weight is 568 g/mol. The Bertz CT molecular complexity index is 1380. The molecule has 0 saturated carbocycles. The summed E-state index contributed by atoms with van der Waals surface area (Å²) in [6.45, 7) is 8.96. The molecule has 2 atom stereocenters. The molecule has 40 heavy (non-hydrogen) atoms. The molecule has 0 heterocycles. The Labute approximate surface area is 237 Å². The van der Waals surface area contributed by atoms with Crippen molar-refractivity contribution in [2.75, 3.05) is 10.8 Å². The molecule has 0 spiro atoms. The molecule has 0 unspecified atom stereocenters. The number of halogens is 1. The molecule has 0 bridgehead atoms. The van der Waals surface area contributed by atoms with Crippen molar-refractivity contribution in [1.82, 2.24) is 10.2 Å². The van der Waals surface area contributed by atoms with Crippen LogP contribution in [0, 0.1) is 5.82 Å². The van der Waals surface area contributed by atoms with Crippen LogP contribution in [0.5, 0.6) is 0 Å². The SMILES string of the molecule is CC[C@H](C)NC(=O)[C@@H](C)N(Cc1ccc(F)cc1)C(=O)CN(c1ccc(C(C)C)cc1)S(=O)(=O)c1ccccc1. The van der Waals surface area contributed by atoms with Crippen LogP contribution in [-0.2, 0) is 26.2 Å². The summed E-state index contributed by atoms with van der Waals surface area (Å²) in [5, 5.41) is 2.89. The van der Waals surface area contributed by atoms with Gasteiger partial charge < -0.3 is 10.2 Å². The van der Waals surface area contributed by atoms with Crippen LogP contribution in [0.4, 0.5) is 10.1 Å². The average Bonchev–Trinajstić information content (AvgIpc) is 2.95. The number of benzene rings is 3. The Balaban J connectivity index is 2.02. The normalized spacial score (nSPS) is 13.0. The third-order valence-electron chi connectivity index (χ3n) is 6.89. The number of amides is 2. The van der Waals surface area contributed by atoms with E-state index in [1.165, 1.54) is 41.3 Å². The maximum atomic E-state index is 13.9. The molecule has 0 radical (unpaired) electrons. The van der Waals surface area contributed by atoms with Gasteiger partial charge in [0, 0.05) is 12.6 Å². The van der Waals surface area contributed by atoms with E-state index in [-0.39, 0.29) is 29.3 Å². The molecular formula is C31H38FN3O4S. The van der Waals surface area contributed by atoms with E-state index >= 15 is 0 Å². The highest BCUT2D eigenvalue weighted by Crippen LogP contribution is 2.26. The van der Waals surface area contributed by atoms with Gasteiger partial charge in [-0.2, -0.15) is 0 Å². The second-order valence-electron chi connectivity index (χ2n) is 10.2. The lowest BCUT2D eigenvalue weighted by molar-refractivity contribution is -0.139. The number of rotatable bonds is 12. The third-order valence-corrected chi connectivity index (χ3v) is 8.68. The number of hydrogen-bond donors (Lipinski definition) is 1. The van der Waals surface area contributed by atoms with Crippen molar-refractivity contribution in [1.29, 1.82) is 0 Å². The third kappa shape index (κ3) is 7.69. The Morgan fingerprint density at radius 3 is 2.02 bits per heavy atom. The Hall–Kier alpha value is -3.72. The van der Waals surface area contributed by atoms with Gasteiger partial charge in [-0.05, 0) is 73.7 Å². The van der Waals surface area contributed by atoms with Gasteiger partial charge in [0.15, 0.2) is 0 Å². The molecular weight excluding hydrogens is 529 g/mol. The van der Waals surface area contributed by atoms with Gasteiger partial charge in [0.2, 0.25) is 11.8 Å². The molecule has 214 valence electrons. The van der Waals surface area contributed by atoms with Crippen LogP contribution in [0.15, 0.2) is 83.8 Å². The molecule has 0 aliphatic carbocycles. The van der Waals surface area contributed by atoms with Crippen LogP contribution < -0.4 is 9.62 Å². The largest absolute Gasteiger partial charge is 0.352 e. The lowest BCUT2D eigenvalue weighted by Gasteiger charge is -2.32. The molecule has 2 amide bonds. The van der Waals surface area contributed by atoms with Gasteiger partial charge in [0.1, 0.15) is 18.4 Å². The predicted molar refractivity (Wildman–Crippen MR) is 156 cm³/mol. The van der Waals surface area contributed by atoms with Crippen LogP contribution in [0.2, 0.25) is 0 Å². The molecule has 3 aromatic rings. The first-order valence-electron chi connectivity index (χ1n) is 13.5. The summed E-state index contributed by atoms with van der Waals surface area (Å²) in [5.41, 5.74) is 1.97. The lowest BCUT2D eigenvalue weighted by Crippen LogP contribution is -2.52. The summed E-state index contributed by atoms with van der Waals surface area (Å²) in [6, 6.07) is 19.6. The van der Waals surface area contributed by atoms with Crippen LogP contribution in [0.3, 0.4) is 0 Å². The molecule has 3 rings (SSSR count). The van der Waals surface area contributed by atoms with Crippen molar-refractivity contribution in [3.8, 4) is 0 Å². The van der Waals surface area contributed by atoms with E-state index in [9.17, 15) is 22.4 Å². The molecule has 0 aromatic heterocycles. The number of nitrogens with one attached hydrogen (secondary N) is 1. The molecule has 0 aliphatic rings. The van der Waals surface area contributed by atoms with Crippen LogP contribution in [-0.4, -0.2) is 43.8 Å². The highest BCUT2D eigenvalue weighted by Gasteiger charge is 2.32. The van der Waals surface area contributed by atoms with Crippen molar-refractivity contribution < 1.29 is 22.4 Å². The van der Waals surface area contributed by atoms with Gasteiger partial charge in [-0.1, -0.05) is 63.2 Å². The van der Waals surface area contributed by atoms with Crippen molar-refractivity contribution in [2.24, 2.45) is 0 Å². The number of carbonyl (C=O) groups excluding carboxylic acids is 2. The van der Waals surface area contributed by atoms with Gasteiger partial charge in [0.05, 0.1) is 10.6 Å². The summed E-state index contributed by atoms with van der Waals surface area (Å²) in [5.74, 6) is -1.10. The summed E-state index contributed by atoms with van der Waals surface area (Å²) < 4.78 is 42.3. The maximum absolute atomic E-state index is 13.9. The first kappa shape index (κ1) is 30.8. The quantitative estimate of drug-likeness (QED) is 0.314. The van der Waals surface area contributed by atoms with Gasteiger partial charge in [-0.25, -0.2) is 12.8 Å². The summed E-state index contributed by atoms with van der Waals surface area (Å²) in [4.78, 5) is 28.4. The smallest absolute Gasteiger partial charge is 0.264 e. The zero-order valence-corrected chi connectivity index (χ0v) is 24.5. The standard InChI is InChI=1S/C31H38FN3O4S/c1-6-23(4)33-31(37)24(5)34(20-25-12-16-27(32)17-13-25)30(36)21-35(28-18-14-26(15-19-28)22(2)3)40(38,39)29-10-8-7-9-11-29/h7-19,22-24H,6,20-21H2,1-5H3,(H,33,37)/t23-,24+/m0/s1. The zero-order chi connectivity index (χ0) is 29.4. The summed E-state index contributed by atoms with van der Waals surface area (Å²) >= 11 is 0. The van der Waals surface area contributed by atoms with E-state index in [1.54, 1.807) is 37.3 Å². The van der Waals surface area contributed by atoms with Gasteiger partial charge >= 0.3 is 0 Å². The van der Waals surface area contributed by atoms with Crippen LogP contribution in [0.25, 0.3) is 0 Å². The number of nitrogens with zero attached hydrogens (tertiary/aromatic N) is 2. The van der Waals surface area contributed by atoms with E-state index < -0.39 is 34.3 Å². The molecule has 0 fully saturated rings. The lowest BCUT2D eigenvalue weighted by atomic mass is 10.0. The van der Waals surface area contributed by atoms with E-state index in [2.05, 4.69) is 5.32 Å². The first-order valence-corrected chi connectivity index (χ1v) is 14.9. The van der Waals surface area contributed by atoms with Crippen molar-refractivity contribution in [3.05, 3.63) is 95.8 Å². The molecule has 0 saturated heterocycles. The van der Waals surface area contributed by atoms with Gasteiger partial charge in [-0.15, -0.1) is 0 Å². The van der Waals surface area contributed by atoms with Gasteiger partial charge in [0.25, 0.3) is 10.0 Å². The Morgan fingerprint density at radius 1 is 0.875 bits per heavy atom. The van der Waals surface area contributed by atoms with E-state index in [4.69, 9.17) is 0 Å². The fraction of sp³-hybridized carbons (Fsp3) is 0.355. The minimum absolute atomic E-state index is 0.000280. The molecule has 1 N–H and O–H groups in total. The second-order valence-corrected chi connectivity index (χ2v) is 12.1. The van der Waals surface area contributed by atoms with Gasteiger partial charge in [-0.3, -0.25) is 13.9 Å². The summed E-state index contributed by atoms with van der Waals surface area (Å²) in [6.07, 6.45) is 0.708. The molecule has 0 aliphatic heterocycles. The number of carbonyl (C=O) groups is 2. The van der Waals surface area contributed by atoms with E-state index in [1.807, 2.05) is 39.8 Å². The second kappa shape index (κ2) is 13.6. The predicted octanol–water partition coefficient (Wildman–Crippen LogP) is 5.48. The fourth-order valence-corrected chi connectivity index (χ4v) is 5.54. The molecule has 7 nitrogen and oxygen atoms in total.